The minimum atomic E-state index is -3.96. The molecule has 6 nitrogen and oxygen atoms in total. The third kappa shape index (κ3) is 4.62. The van der Waals surface area contributed by atoms with Crippen molar-refractivity contribution >= 4 is 21.6 Å². The van der Waals surface area contributed by atoms with Gasteiger partial charge in [0.2, 0.25) is 15.7 Å². The van der Waals surface area contributed by atoms with Crippen molar-refractivity contribution in [1.29, 1.82) is 0 Å². The molecule has 0 aliphatic heterocycles. The van der Waals surface area contributed by atoms with Gasteiger partial charge in [-0.2, -0.15) is 0 Å². The van der Waals surface area contributed by atoms with Gasteiger partial charge in [0.25, 0.3) is 0 Å². The van der Waals surface area contributed by atoms with E-state index in [2.05, 4.69) is 5.32 Å². The fourth-order valence-corrected chi connectivity index (χ4v) is 4.73. The number of ether oxygens (including phenoxy) is 1. The second kappa shape index (κ2) is 8.87. The van der Waals surface area contributed by atoms with Crippen molar-refractivity contribution in [1.82, 2.24) is 4.57 Å². The number of rotatable bonds is 8. The molecule has 1 aromatic carbocycles. The van der Waals surface area contributed by atoms with Crippen LogP contribution in [0.5, 0.6) is 0 Å². The Balaban J connectivity index is 2.64. The van der Waals surface area contributed by atoms with Crippen molar-refractivity contribution in [3.05, 3.63) is 41.3 Å². The number of hydrogen-bond donors (Lipinski definition) is 1. The molecule has 28 heavy (non-hydrogen) atoms. The summed E-state index contributed by atoms with van der Waals surface area (Å²) in [5.41, 5.74) is 1.26. The minimum absolute atomic E-state index is 0.0275. The van der Waals surface area contributed by atoms with E-state index in [-0.39, 0.29) is 33.9 Å². The molecular weight excluding hydrogens is 383 g/mol. The van der Waals surface area contributed by atoms with Crippen LogP contribution in [-0.2, 0) is 25.9 Å². The molecule has 2 rings (SSSR count). The molecule has 8 heteroatoms. The van der Waals surface area contributed by atoms with Crippen molar-refractivity contribution < 1.29 is 22.3 Å². The number of carbonyl (C=O) groups is 1. The Hall–Kier alpha value is -2.19. The summed E-state index contributed by atoms with van der Waals surface area (Å²) in [5, 5.41) is 2.78. The number of halogens is 1. The maximum Gasteiger partial charge on any atom is 0.225 e. The molecule has 0 aliphatic carbocycles. The average molecular weight is 411 g/mol. The summed E-state index contributed by atoms with van der Waals surface area (Å²) in [6, 6.07) is 4.67. The lowest BCUT2D eigenvalue weighted by Crippen LogP contribution is -2.20. The molecule has 0 saturated heterocycles. The van der Waals surface area contributed by atoms with Crippen LogP contribution in [0.1, 0.15) is 31.5 Å². The van der Waals surface area contributed by atoms with Gasteiger partial charge in [-0.1, -0.05) is 13.8 Å². The maximum absolute atomic E-state index is 13.3. The second-order valence-electron chi connectivity index (χ2n) is 7.14. The molecule has 2 aromatic rings. The molecule has 0 saturated carbocycles. The van der Waals surface area contributed by atoms with Gasteiger partial charge >= 0.3 is 0 Å². The van der Waals surface area contributed by atoms with Gasteiger partial charge < -0.3 is 14.6 Å². The van der Waals surface area contributed by atoms with Crippen molar-refractivity contribution in [2.75, 3.05) is 19.0 Å². The number of hydrogen-bond acceptors (Lipinski definition) is 4. The first-order chi connectivity index (χ1) is 13.1. The van der Waals surface area contributed by atoms with Gasteiger partial charge in [-0.15, -0.1) is 0 Å². The van der Waals surface area contributed by atoms with Gasteiger partial charge in [0.15, 0.2) is 0 Å². The van der Waals surface area contributed by atoms with Crippen molar-refractivity contribution in [3.63, 3.8) is 0 Å². The third-order valence-corrected chi connectivity index (χ3v) is 6.47. The second-order valence-corrected chi connectivity index (χ2v) is 9.02. The molecule has 1 heterocycles. The van der Waals surface area contributed by atoms with Crippen molar-refractivity contribution in [3.8, 4) is 0 Å². The molecule has 0 aliphatic rings. The van der Waals surface area contributed by atoms with E-state index in [1.54, 1.807) is 25.5 Å². The third-order valence-electron chi connectivity index (χ3n) is 4.54. The Bertz CT molecular complexity index is 948. The fourth-order valence-electron chi connectivity index (χ4n) is 3.04. The Labute approximate surface area is 165 Å². The zero-order valence-electron chi connectivity index (χ0n) is 16.9. The molecular formula is C20H27FN2O4S. The van der Waals surface area contributed by atoms with E-state index in [1.807, 2.05) is 13.8 Å². The first-order valence-corrected chi connectivity index (χ1v) is 10.6. The molecule has 0 atom stereocenters. The Morgan fingerprint density at radius 1 is 1.21 bits per heavy atom. The van der Waals surface area contributed by atoms with Gasteiger partial charge in [0.1, 0.15) is 16.5 Å². The van der Waals surface area contributed by atoms with Crippen molar-refractivity contribution in [2.24, 2.45) is 5.92 Å². The summed E-state index contributed by atoms with van der Waals surface area (Å²) in [6.45, 7) is 8.07. The average Bonchev–Trinajstić information content (AvgIpc) is 2.83. The highest BCUT2D eigenvalue weighted by Crippen LogP contribution is 2.35. The molecule has 1 N–H and O–H groups in total. The highest BCUT2D eigenvalue weighted by molar-refractivity contribution is 7.91. The minimum Gasteiger partial charge on any atom is -0.383 e. The van der Waals surface area contributed by atoms with Crippen LogP contribution in [0.25, 0.3) is 0 Å². The van der Waals surface area contributed by atoms with Crippen LogP contribution in [0.2, 0.25) is 0 Å². The molecule has 0 fully saturated rings. The number of methoxy groups -OCH3 is 1. The van der Waals surface area contributed by atoms with E-state index >= 15 is 0 Å². The number of nitrogens with zero attached hydrogens (tertiary/aromatic N) is 1. The lowest BCUT2D eigenvalue weighted by atomic mass is 10.1. The number of anilines is 1. The summed E-state index contributed by atoms with van der Waals surface area (Å²) in [4.78, 5) is 12.4. The van der Waals surface area contributed by atoms with E-state index in [0.29, 0.717) is 18.7 Å². The van der Waals surface area contributed by atoms with E-state index in [9.17, 15) is 17.6 Å². The van der Waals surface area contributed by atoms with Crippen LogP contribution >= 0.6 is 0 Å². The number of carbonyl (C=O) groups excluding carboxylic acids is 1. The monoisotopic (exact) mass is 410 g/mol. The van der Waals surface area contributed by atoms with Gasteiger partial charge in [0, 0.05) is 25.8 Å². The molecule has 1 aromatic heterocycles. The lowest BCUT2D eigenvalue weighted by Gasteiger charge is -2.15. The van der Waals surface area contributed by atoms with E-state index in [1.165, 1.54) is 12.1 Å². The fraction of sp³-hybridized carbons (Fsp3) is 0.450. The zero-order valence-corrected chi connectivity index (χ0v) is 17.7. The predicted molar refractivity (Wildman–Crippen MR) is 106 cm³/mol. The summed E-state index contributed by atoms with van der Waals surface area (Å²) in [5.74, 6) is -0.430. The van der Waals surface area contributed by atoms with Crippen LogP contribution in [-0.4, -0.2) is 32.6 Å². The molecule has 154 valence electrons. The van der Waals surface area contributed by atoms with Gasteiger partial charge in [-0.05, 0) is 49.6 Å². The zero-order chi connectivity index (χ0) is 21.1. The van der Waals surface area contributed by atoms with Crippen LogP contribution in [0.3, 0.4) is 0 Å². The Morgan fingerprint density at radius 2 is 1.82 bits per heavy atom. The van der Waals surface area contributed by atoms with E-state index in [4.69, 9.17) is 4.74 Å². The smallest absolute Gasteiger partial charge is 0.225 e. The molecule has 0 radical (unpaired) electrons. The first kappa shape index (κ1) is 22.1. The highest BCUT2D eigenvalue weighted by atomic mass is 32.2. The number of aromatic nitrogens is 1. The number of amides is 1. The largest absolute Gasteiger partial charge is 0.383 e. The Kier molecular flexibility index (Phi) is 7.01. The maximum atomic E-state index is 13.3. The Morgan fingerprint density at radius 3 is 2.36 bits per heavy atom. The van der Waals surface area contributed by atoms with Crippen LogP contribution in [0, 0.1) is 25.6 Å². The quantitative estimate of drug-likeness (QED) is 0.673. The van der Waals surface area contributed by atoms with Crippen molar-refractivity contribution in [2.45, 2.75) is 50.5 Å². The SMILES string of the molecule is COCCn1c(C)c(C)c(S(=O)(=O)c2ccc(F)cc2)c1NC(=O)CC(C)C. The highest BCUT2D eigenvalue weighted by Gasteiger charge is 2.30. The van der Waals surface area contributed by atoms with Crippen LogP contribution < -0.4 is 5.32 Å². The molecule has 0 bridgehead atoms. The molecule has 0 unspecified atom stereocenters. The van der Waals surface area contributed by atoms with Gasteiger partial charge in [-0.25, -0.2) is 12.8 Å². The van der Waals surface area contributed by atoms with Gasteiger partial charge in [-0.3, -0.25) is 4.79 Å². The summed E-state index contributed by atoms with van der Waals surface area (Å²) in [6.07, 6.45) is 0.267. The summed E-state index contributed by atoms with van der Waals surface area (Å²) >= 11 is 0. The summed E-state index contributed by atoms with van der Waals surface area (Å²) in [7, 11) is -2.41. The van der Waals surface area contributed by atoms with Crippen LogP contribution in [0.15, 0.2) is 34.1 Å². The number of sulfone groups is 1. The predicted octanol–water partition coefficient (Wildman–Crippen LogP) is 3.71. The standard InChI is InChI=1S/C20H27FN2O4S/c1-13(2)12-18(24)22-20-19(14(3)15(4)23(20)10-11-27-5)28(25,26)17-8-6-16(21)7-9-17/h6-9,13H,10-12H2,1-5H3,(H,22,24). The lowest BCUT2D eigenvalue weighted by molar-refractivity contribution is -0.116. The normalized spacial score (nSPS) is 11.8. The number of benzene rings is 1. The van der Waals surface area contributed by atoms with E-state index < -0.39 is 15.7 Å². The molecule has 0 spiro atoms. The van der Waals surface area contributed by atoms with E-state index in [0.717, 1.165) is 17.8 Å². The summed E-state index contributed by atoms with van der Waals surface area (Å²) < 4.78 is 46.8. The van der Waals surface area contributed by atoms with Crippen LogP contribution in [0.4, 0.5) is 10.2 Å². The topological polar surface area (TPSA) is 77.4 Å². The number of nitrogens with one attached hydrogen (secondary N) is 1. The molecule has 1 amide bonds. The first-order valence-electron chi connectivity index (χ1n) is 9.08. The van der Waals surface area contributed by atoms with Gasteiger partial charge in [0.05, 0.1) is 11.5 Å².